The molecule has 2 nitrogen and oxygen atoms in total. The van der Waals surface area contributed by atoms with Gasteiger partial charge in [0, 0.05) is 7.11 Å². The van der Waals surface area contributed by atoms with Crippen molar-refractivity contribution >= 4 is 9.04 Å². The van der Waals surface area contributed by atoms with Crippen LogP contribution in [0.4, 0.5) is 0 Å². The van der Waals surface area contributed by atoms with Crippen LogP contribution in [0.2, 0.25) is 11.1 Å². The van der Waals surface area contributed by atoms with Crippen molar-refractivity contribution in [3.05, 3.63) is 0 Å². The molecule has 0 spiro atoms. The van der Waals surface area contributed by atoms with Gasteiger partial charge in [0.2, 0.25) is 0 Å². The van der Waals surface area contributed by atoms with Crippen LogP contribution in [-0.2, 0) is 9.16 Å². The average molecular weight is 429 g/mol. The topological polar surface area (TPSA) is 18.5 Å². The van der Waals surface area contributed by atoms with Crippen molar-refractivity contribution in [1.82, 2.24) is 0 Å². The fourth-order valence-corrected chi connectivity index (χ4v) is 6.69. The maximum Gasteiger partial charge on any atom is 0.185 e. The number of hydrogen-bond donors (Lipinski definition) is 0. The molecule has 0 aromatic rings. The summed E-state index contributed by atoms with van der Waals surface area (Å²) in [6.07, 6.45) is 24.4. The van der Waals surface area contributed by atoms with E-state index in [1.807, 2.05) is 6.92 Å². The first kappa shape index (κ1) is 29.1. The fourth-order valence-electron chi connectivity index (χ4n) is 4.05. The lowest BCUT2D eigenvalue weighted by molar-refractivity contribution is -0.0441. The Bertz CT molecular complexity index is 327. The summed E-state index contributed by atoms with van der Waals surface area (Å²) in [6.45, 7) is 11.3. The van der Waals surface area contributed by atoms with Crippen LogP contribution in [0.3, 0.4) is 0 Å². The third-order valence-corrected chi connectivity index (χ3v) is 9.80. The van der Waals surface area contributed by atoms with Gasteiger partial charge in [0.1, 0.15) is 6.29 Å². The molecule has 0 aromatic carbocycles. The van der Waals surface area contributed by atoms with Crippen LogP contribution in [0, 0.1) is 0 Å². The molecule has 0 N–H and O–H groups in total. The molecular formula is C26H56O2Si. The summed E-state index contributed by atoms with van der Waals surface area (Å²) in [7, 11) is 0.527. The van der Waals surface area contributed by atoms with Gasteiger partial charge in [-0.25, -0.2) is 0 Å². The number of hydrogen-bond acceptors (Lipinski definition) is 2. The molecular weight excluding hydrogens is 372 g/mol. The number of methoxy groups -OCH3 is 1. The molecule has 0 saturated carbocycles. The molecule has 0 saturated heterocycles. The second kappa shape index (κ2) is 20.1. The summed E-state index contributed by atoms with van der Waals surface area (Å²) in [5.41, 5.74) is 0. The van der Waals surface area contributed by atoms with E-state index in [1.54, 1.807) is 7.11 Å². The molecule has 0 aliphatic heterocycles. The van der Waals surface area contributed by atoms with Crippen molar-refractivity contribution < 1.29 is 9.16 Å². The molecule has 0 aliphatic rings. The predicted octanol–water partition coefficient (Wildman–Crippen LogP) is 9.17. The highest BCUT2D eigenvalue weighted by atomic mass is 28.3. The molecule has 29 heavy (non-hydrogen) atoms. The highest BCUT2D eigenvalue weighted by molar-refractivity contribution is 6.55. The van der Waals surface area contributed by atoms with E-state index >= 15 is 0 Å². The zero-order chi connectivity index (χ0) is 21.8. The number of rotatable bonds is 21. The monoisotopic (exact) mass is 428 g/mol. The van der Waals surface area contributed by atoms with E-state index in [2.05, 4.69) is 27.7 Å². The molecule has 0 radical (unpaired) electrons. The van der Waals surface area contributed by atoms with Crippen molar-refractivity contribution in [1.29, 1.82) is 0 Å². The van der Waals surface area contributed by atoms with E-state index in [1.165, 1.54) is 115 Å². The van der Waals surface area contributed by atoms with E-state index in [0.717, 1.165) is 0 Å². The molecule has 0 amide bonds. The van der Waals surface area contributed by atoms with Gasteiger partial charge in [-0.1, -0.05) is 137 Å². The van der Waals surface area contributed by atoms with Gasteiger partial charge in [-0.3, -0.25) is 0 Å². The molecule has 0 heterocycles. The summed E-state index contributed by atoms with van der Waals surface area (Å²) >= 11 is 0. The minimum absolute atomic E-state index is 0.0447. The van der Waals surface area contributed by atoms with Crippen LogP contribution in [0.15, 0.2) is 0 Å². The average Bonchev–Trinajstić information content (AvgIpc) is 2.68. The Morgan fingerprint density at radius 2 is 0.966 bits per heavy atom. The number of unbranched alkanes of at least 4 members (excludes halogenated alkanes) is 16. The van der Waals surface area contributed by atoms with Gasteiger partial charge >= 0.3 is 0 Å². The Morgan fingerprint density at radius 3 is 1.28 bits per heavy atom. The fraction of sp³-hybridized carbons (Fsp3) is 1.00. The van der Waals surface area contributed by atoms with E-state index in [4.69, 9.17) is 9.16 Å². The van der Waals surface area contributed by atoms with E-state index in [0.29, 0.717) is 5.04 Å². The normalized spacial score (nSPS) is 14.3. The molecule has 176 valence electrons. The summed E-state index contributed by atoms with van der Waals surface area (Å²) in [4.78, 5) is 0. The molecule has 0 fully saturated rings. The maximum absolute atomic E-state index is 6.21. The van der Waals surface area contributed by atoms with Crippen LogP contribution in [0.1, 0.15) is 144 Å². The number of ether oxygens (including phenoxy) is 1. The minimum atomic E-state index is -1.22. The van der Waals surface area contributed by atoms with Gasteiger partial charge in [0.05, 0.1) is 0 Å². The highest BCUT2D eigenvalue weighted by Crippen LogP contribution is 2.32. The third kappa shape index (κ3) is 19.8. The highest BCUT2D eigenvalue weighted by Gasteiger charge is 2.28. The van der Waals surface area contributed by atoms with Crippen molar-refractivity contribution in [2.75, 3.05) is 7.11 Å². The zero-order valence-electron chi connectivity index (χ0n) is 21.2. The van der Waals surface area contributed by atoms with Crippen LogP contribution < -0.4 is 0 Å². The lowest BCUT2D eigenvalue weighted by Gasteiger charge is -2.31. The van der Waals surface area contributed by atoms with Crippen LogP contribution in [0.25, 0.3) is 0 Å². The SMILES string of the molecule is CCCCCCCCCCCCCCCCCCC[SiH](OC(C)OC)C(C)(C)C. The van der Waals surface area contributed by atoms with Gasteiger partial charge in [-0.2, -0.15) is 0 Å². The van der Waals surface area contributed by atoms with Crippen LogP contribution in [-0.4, -0.2) is 22.4 Å². The molecule has 0 bridgehead atoms. The molecule has 2 atom stereocenters. The Kier molecular flexibility index (Phi) is 20.2. The summed E-state index contributed by atoms with van der Waals surface area (Å²) in [5, 5.41) is 0.321. The minimum Gasteiger partial charge on any atom is -0.395 e. The molecule has 0 aromatic heterocycles. The quantitative estimate of drug-likeness (QED) is 0.103. The maximum atomic E-state index is 6.21. The molecule has 3 heteroatoms. The smallest absolute Gasteiger partial charge is 0.185 e. The van der Waals surface area contributed by atoms with Gasteiger partial charge in [-0.05, 0) is 18.0 Å². The predicted molar refractivity (Wildman–Crippen MR) is 133 cm³/mol. The lowest BCUT2D eigenvalue weighted by Crippen LogP contribution is -2.33. The summed E-state index contributed by atoms with van der Waals surface area (Å²) in [6, 6.07) is 1.29. The van der Waals surface area contributed by atoms with Crippen LogP contribution >= 0.6 is 0 Å². The van der Waals surface area contributed by atoms with Crippen molar-refractivity contribution in [3.63, 3.8) is 0 Å². The second-order valence-corrected chi connectivity index (χ2v) is 13.8. The van der Waals surface area contributed by atoms with Gasteiger partial charge in [-0.15, -0.1) is 0 Å². The van der Waals surface area contributed by atoms with Gasteiger partial charge in [0.15, 0.2) is 9.04 Å². The Balaban J connectivity index is 3.40. The Morgan fingerprint density at radius 1 is 0.621 bits per heavy atom. The van der Waals surface area contributed by atoms with Crippen LogP contribution in [0.5, 0.6) is 0 Å². The lowest BCUT2D eigenvalue weighted by atomic mass is 10.0. The van der Waals surface area contributed by atoms with E-state index in [9.17, 15) is 0 Å². The summed E-state index contributed by atoms with van der Waals surface area (Å²) in [5.74, 6) is 0. The van der Waals surface area contributed by atoms with Crippen molar-refractivity contribution in [3.8, 4) is 0 Å². The van der Waals surface area contributed by atoms with Gasteiger partial charge < -0.3 is 9.16 Å². The first-order valence-corrected chi connectivity index (χ1v) is 15.0. The van der Waals surface area contributed by atoms with E-state index < -0.39 is 9.04 Å². The van der Waals surface area contributed by atoms with Gasteiger partial charge in [0.25, 0.3) is 0 Å². The zero-order valence-corrected chi connectivity index (χ0v) is 22.4. The first-order valence-electron chi connectivity index (χ1n) is 13.1. The van der Waals surface area contributed by atoms with E-state index in [-0.39, 0.29) is 6.29 Å². The largest absolute Gasteiger partial charge is 0.395 e. The second-order valence-electron chi connectivity index (χ2n) is 10.2. The molecule has 0 aliphatic carbocycles. The molecule has 0 rings (SSSR count). The van der Waals surface area contributed by atoms with Crippen molar-refractivity contribution in [2.24, 2.45) is 0 Å². The third-order valence-electron chi connectivity index (χ3n) is 6.22. The standard InChI is InChI=1S/C26H56O2Si/c1-7-8-9-10-11-12-13-14-15-16-17-18-19-20-21-22-23-24-29(26(3,4)5)28-25(2)27-6/h25,29H,7-24H2,1-6H3. The molecule has 2 unspecified atom stereocenters. The Labute approximate surface area is 186 Å². The first-order chi connectivity index (χ1) is 13.9. The summed E-state index contributed by atoms with van der Waals surface area (Å²) < 4.78 is 11.5. The van der Waals surface area contributed by atoms with Crippen molar-refractivity contribution in [2.45, 2.75) is 161 Å². The Hall–Kier alpha value is 0.137.